The summed E-state index contributed by atoms with van der Waals surface area (Å²) >= 11 is 0. The molecule has 5 heteroatoms. The van der Waals surface area contributed by atoms with Gasteiger partial charge in [0.1, 0.15) is 0 Å². The van der Waals surface area contributed by atoms with E-state index in [0.717, 1.165) is 31.5 Å². The molecule has 0 bridgehead atoms. The van der Waals surface area contributed by atoms with Gasteiger partial charge < -0.3 is 20.8 Å². The van der Waals surface area contributed by atoms with Gasteiger partial charge in [0.15, 0.2) is 0 Å². The summed E-state index contributed by atoms with van der Waals surface area (Å²) < 4.78 is 0. The number of carboxylic acids is 1. The highest BCUT2D eigenvalue weighted by atomic mass is 16.4. The van der Waals surface area contributed by atoms with Crippen molar-refractivity contribution in [1.82, 2.24) is 0 Å². The van der Waals surface area contributed by atoms with Crippen LogP contribution in [0.4, 0.5) is 11.4 Å². The predicted molar refractivity (Wildman–Crippen MR) is 76.3 cm³/mol. The largest absolute Gasteiger partial charge is 0.481 e. The van der Waals surface area contributed by atoms with Crippen LogP contribution in [0.25, 0.3) is 0 Å². The Balaban J connectivity index is 2.63. The van der Waals surface area contributed by atoms with Crippen LogP contribution < -0.4 is 10.6 Å². The zero-order valence-corrected chi connectivity index (χ0v) is 11.1. The third kappa shape index (κ3) is 5.61. The van der Waals surface area contributed by atoms with Gasteiger partial charge in [0.25, 0.3) is 0 Å². The van der Waals surface area contributed by atoms with Gasteiger partial charge in [-0.2, -0.15) is 0 Å². The summed E-state index contributed by atoms with van der Waals surface area (Å²) in [6, 6.07) is 7.48. The van der Waals surface area contributed by atoms with E-state index in [1.54, 1.807) is 0 Å². The standard InChI is InChI=1S/C14H22N2O3/c15-12-6-2-3-7-13(12)16(10-8-14(18)19)9-4-1-5-11-17/h2-3,6-7,17H,1,4-5,8-11,15H2,(H,18,19). The number of nitrogens with two attached hydrogens (primary N) is 1. The summed E-state index contributed by atoms with van der Waals surface area (Å²) in [5.41, 5.74) is 7.47. The number of carboxylic acid groups (broad SMARTS) is 1. The predicted octanol–water partition coefficient (Wildman–Crippen LogP) is 1.71. The van der Waals surface area contributed by atoms with Crippen LogP contribution in [-0.2, 0) is 4.79 Å². The Kier molecular flexibility index (Phi) is 6.74. The fraction of sp³-hybridized carbons (Fsp3) is 0.500. The topological polar surface area (TPSA) is 86.8 Å². The Morgan fingerprint density at radius 1 is 1.16 bits per heavy atom. The molecule has 0 aliphatic rings. The van der Waals surface area contributed by atoms with E-state index in [4.69, 9.17) is 15.9 Å². The van der Waals surface area contributed by atoms with E-state index in [2.05, 4.69) is 0 Å². The number of aliphatic hydroxyl groups is 1. The Hall–Kier alpha value is -1.75. The number of rotatable bonds is 9. The first-order chi connectivity index (χ1) is 9.15. The van der Waals surface area contributed by atoms with Crippen LogP contribution in [0.1, 0.15) is 25.7 Å². The third-order valence-electron chi connectivity index (χ3n) is 2.96. The van der Waals surface area contributed by atoms with Crippen LogP contribution in [-0.4, -0.2) is 35.9 Å². The number of hydrogen-bond acceptors (Lipinski definition) is 4. The van der Waals surface area contributed by atoms with Gasteiger partial charge in [-0.25, -0.2) is 0 Å². The van der Waals surface area contributed by atoms with E-state index in [0.29, 0.717) is 12.2 Å². The van der Waals surface area contributed by atoms with Gasteiger partial charge in [0.05, 0.1) is 17.8 Å². The van der Waals surface area contributed by atoms with E-state index < -0.39 is 5.97 Å². The van der Waals surface area contributed by atoms with E-state index in [9.17, 15) is 4.79 Å². The lowest BCUT2D eigenvalue weighted by Crippen LogP contribution is -2.28. The lowest BCUT2D eigenvalue weighted by atomic mass is 10.2. The number of aliphatic hydroxyl groups excluding tert-OH is 1. The number of unbranched alkanes of at least 4 members (excludes halogenated alkanes) is 2. The van der Waals surface area contributed by atoms with Crippen molar-refractivity contribution in [2.24, 2.45) is 0 Å². The number of para-hydroxylation sites is 2. The number of nitrogen functional groups attached to an aromatic ring is 1. The molecule has 4 N–H and O–H groups in total. The molecule has 0 fully saturated rings. The number of nitrogens with zero attached hydrogens (tertiary/aromatic N) is 1. The van der Waals surface area contributed by atoms with Crippen molar-refractivity contribution in [1.29, 1.82) is 0 Å². The van der Waals surface area contributed by atoms with Crippen LogP contribution in [0.2, 0.25) is 0 Å². The molecule has 1 aromatic carbocycles. The SMILES string of the molecule is Nc1ccccc1N(CCCCCO)CCC(=O)O. The van der Waals surface area contributed by atoms with Gasteiger partial charge >= 0.3 is 5.97 Å². The average molecular weight is 266 g/mol. The second-order valence-electron chi connectivity index (χ2n) is 4.47. The molecule has 0 amide bonds. The monoisotopic (exact) mass is 266 g/mol. The molecule has 0 saturated carbocycles. The van der Waals surface area contributed by atoms with Gasteiger partial charge in [-0.15, -0.1) is 0 Å². The number of hydrogen-bond donors (Lipinski definition) is 3. The van der Waals surface area contributed by atoms with E-state index >= 15 is 0 Å². The molecular formula is C14H22N2O3. The van der Waals surface area contributed by atoms with Gasteiger partial charge in [-0.3, -0.25) is 4.79 Å². The maximum Gasteiger partial charge on any atom is 0.305 e. The lowest BCUT2D eigenvalue weighted by molar-refractivity contribution is -0.136. The zero-order chi connectivity index (χ0) is 14.1. The van der Waals surface area contributed by atoms with Crippen molar-refractivity contribution >= 4 is 17.3 Å². The highest BCUT2D eigenvalue weighted by Crippen LogP contribution is 2.23. The number of benzene rings is 1. The van der Waals surface area contributed by atoms with Gasteiger partial charge in [0.2, 0.25) is 0 Å². The molecule has 0 aliphatic carbocycles. The highest BCUT2D eigenvalue weighted by Gasteiger charge is 2.10. The minimum atomic E-state index is -0.810. The molecule has 1 rings (SSSR count). The Bertz CT molecular complexity index is 396. The number of carbonyl (C=O) groups is 1. The third-order valence-corrected chi connectivity index (χ3v) is 2.96. The molecule has 0 heterocycles. The Morgan fingerprint density at radius 3 is 2.53 bits per heavy atom. The first kappa shape index (κ1) is 15.3. The number of anilines is 2. The summed E-state index contributed by atoms with van der Waals surface area (Å²) in [4.78, 5) is 12.7. The first-order valence-corrected chi connectivity index (χ1v) is 6.57. The molecule has 0 unspecified atom stereocenters. The van der Waals surface area contributed by atoms with Gasteiger partial charge in [0, 0.05) is 19.7 Å². The smallest absolute Gasteiger partial charge is 0.305 e. The molecule has 0 spiro atoms. The fourth-order valence-electron chi connectivity index (χ4n) is 1.95. The minimum absolute atomic E-state index is 0.0916. The van der Waals surface area contributed by atoms with Crippen LogP contribution in [0.5, 0.6) is 0 Å². The summed E-state index contributed by atoms with van der Waals surface area (Å²) in [5, 5.41) is 17.6. The van der Waals surface area contributed by atoms with E-state index in [1.807, 2.05) is 29.2 Å². The van der Waals surface area contributed by atoms with Crippen LogP contribution >= 0.6 is 0 Å². The summed E-state index contributed by atoms with van der Waals surface area (Å²) in [5.74, 6) is -0.810. The van der Waals surface area contributed by atoms with Gasteiger partial charge in [-0.1, -0.05) is 12.1 Å². The van der Waals surface area contributed by atoms with Crippen molar-refractivity contribution < 1.29 is 15.0 Å². The van der Waals surface area contributed by atoms with Crippen molar-refractivity contribution in [3.63, 3.8) is 0 Å². The molecule has 19 heavy (non-hydrogen) atoms. The van der Waals surface area contributed by atoms with Gasteiger partial charge in [-0.05, 0) is 31.4 Å². The minimum Gasteiger partial charge on any atom is -0.481 e. The zero-order valence-electron chi connectivity index (χ0n) is 11.1. The molecule has 0 aromatic heterocycles. The molecular weight excluding hydrogens is 244 g/mol. The molecule has 0 aliphatic heterocycles. The maximum absolute atomic E-state index is 10.7. The normalized spacial score (nSPS) is 10.4. The second-order valence-corrected chi connectivity index (χ2v) is 4.47. The Labute approximate surface area is 113 Å². The van der Waals surface area contributed by atoms with E-state index in [1.165, 1.54) is 0 Å². The summed E-state index contributed by atoms with van der Waals surface area (Å²) in [6.07, 6.45) is 2.70. The summed E-state index contributed by atoms with van der Waals surface area (Å²) in [6.45, 7) is 1.40. The lowest BCUT2D eigenvalue weighted by Gasteiger charge is -2.25. The van der Waals surface area contributed by atoms with Crippen molar-refractivity contribution in [3.05, 3.63) is 24.3 Å². The van der Waals surface area contributed by atoms with Crippen LogP contribution in [0, 0.1) is 0 Å². The summed E-state index contributed by atoms with van der Waals surface area (Å²) in [7, 11) is 0. The van der Waals surface area contributed by atoms with Crippen LogP contribution in [0.3, 0.4) is 0 Å². The molecule has 0 radical (unpaired) electrons. The van der Waals surface area contributed by atoms with Crippen molar-refractivity contribution in [3.8, 4) is 0 Å². The maximum atomic E-state index is 10.7. The van der Waals surface area contributed by atoms with Crippen molar-refractivity contribution in [2.45, 2.75) is 25.7 Å². The second kappa shape index (κ2) is 8.37. The molecule has 106 valence electrons. The quantitative estimate of drug-likeness (QED) is 0.468. The molecule has 0 saturated heterocycles. The molecule has 1 aromatic rings. The Morgan fingerprint density at radius 2 is 1.89 bits per heavy atom. The highest BCUT2D eigenvalue weighted by molar-refractivity contribution is 5.70. The number of aliphatic carboxylic acids is 1. The van der Waals surface area contributed by atoms with E-state index in [-0.39, 0.29) is 13.0 Å². The molecule has 0 atom stereocenters. The molecule has 5 nitrogen and oxygen atoms in total. The first-order valence-electron chi connectivity index (χ1n) is 6.57. The van der Waals surface area contributed by atoms with Crippen molar-refractivity contribution in [2.75, 3.05) is 30.3 Å². The average Bonchev–Trinajstić information content (AvgIpc) is 2.39. The fourth-order valence-corrected chi connectivity index (χ4v) is 1.95. The van der Waals surface area contributed by atoms with Crippen LogP contribution in [0.15, 0.2) is 24.3 Å².